The number of pyridine rings is 1. The third kappa shape index (κ3) is 4.54. The number of nitrogens with zero attached hydrogens (tertiary/aromatic N) is 6. The first-order chi connectivity index (χ1) is 20.5. The zero-order valence-electron chi connectivity index (χ0n) is 22.3. The molecule has 0 fully saturated rings. The second-order valence-electron chi connectivity index (χ2n) is 9.43. The standard InChI is InChI=1S/C32H23FN6O3/c1-42-27-17-22(20-34-21-27)30-28(18-26(38(40)41)19-29(30)33)31-35-37-39(36-31)32(23-11-5-2-6-12-23,24-13-7-3-8-14-24)25-15-9-4-10-16-25/h2-21H,1H3. The van der Waals surface area contributed by atoms with Crippen molar-refractivity contribution in [2.75, 3.05) is 7.11 Å². The molecule has 0 radical (unpaired) electrons. The summed E-state index contributed by atoms with van der Waals surface area (Å²) in [5.41, 5.74) is 1.51. The zero-order valence-corrected chi connectivity index (χ0v) is 22.3. The third-order valence-corrected chi connectivity index (χ3v) is 7.05. The average Bonchev–Trinajstić information content (AvgIpc) is 3.53. The monoisotopic (exact) mass is 558 g/mol. The fraction of sp³-hybridized carbons (Fsp3) is 0.0625. The predicted octanol–water partition coefficient (Wildman–Crippen LogP) is 6.30. The average molecular weight is 559 g/mol. The number of aromatic nitrogens is 5. The molecule has 9 nitrogen and oxygen atoms in total. The summed E-state index contributed by atoms with van der Waals surface area (Å²) in [6.45, 7) is 0. The van der Waals surface area contributed by atoms with E-state index in [1.165, 1.54) is 30.4 Å². The van der Waals surface area contributed by atoms with Gasteiger partial charge in [-0.25, -0.2) is 4.39 Å². The lowest BCUT2D eigenvalue weighted by atomic mass is 9.77. The van der Waals surface area contributed by atoms with E-state index in [1.54, 1.807) is 6.07 Å². The lowest BCUT2D eigenvalue weighted by Crippen LogP contribution is -2.39. The molecule has 0 amide bonds. The molecular weight excluding hydrogens is 535 g/mol. The summed E-state index contributed by atoms with van der Waals surface area (Å²) >= 11 is 0. The van der Waals surface area contributed by atoms with Crippen LogP contribution >= 0.6 is 0 Å². The first-order valence-corrected chi connectivity index (χ1v) is 13.0. The van der Waals surface area contributed by atoms with Crippen molar-refractivity contribution in [2.45, 2.75) is 5.54 Å². The van der Waals surface area contributed by atoms with E-state index in [0.717, 1.165) is 22.8 Å². The van der Waals surface area contributed by atoms with Crippen LogP contribution in [0.1, 0.15) is 16.7 Å². The lowest BCUT2D eigenvalue weighted by molar-refractivity contribution is -0.385. The maximum atomic E-state index is 15.7. The number of hydrogen-bond acceptors (Lipinski definition) is 7. The number of rotatable bonds is 8. The molecule has 0 saturated carbocycles. The van der Waals surface area contributed by atoms with Crippen LogP contribution in [0.2, 0.25) is 0 Å². The smallest absolute Gasteiger partial charge is 0.273 e. The Balaban J connectivity index is 1.64. The van der Waals surface area contributed by atoms with Gasteiger partial charge in [-0.15, -0.1) is 15.0 Å². The Morgan fingerprint density at radius 2 is 1.40 bits per heavy atom. The number of nitro groups is 1. The van der Waals surface area contributed by atoms with Gasteiger partial charge in [0.2, 0.25) is 5.82 Å². The van der Waals surface area contributed by atoms with E-state index in [4.69, 9.17) is 9.84 Å². The summed E-state index contributed by atoms with van der Waals surface area (Å²) in [4.78, 5) is 16.7. The molecule has 0 aliphatic carbocycles. The van der Waals surface area contributed by atoms with E-state index in [2.05, 4.69) is 15.3 Å². The van der Waals surface area contributed by atoms with E-state index < -0.39 is 22.0 Å². The predicted molar refractivity (Wildman–Crippen MR) is 154 cm³/mol. The van der Waals surface area contributed by atoms with Crippen molar-refractivity contribution < 1.29 is 14.1 Å². The fourth-order valence-electron chi connectivity index (χ4n) is 5.18. The van der Waals surface area contributed by atoms with Gasteiger partial charge in [0.25, 0.3) is 5.69 Å². The molecule has 2 aromatic heterocycles. The summed E-state index contributed by atoms with van der Waals surface area (Å²) in [7, 11) is 1.47. The van der Waals surface area contributed by atoms with E-state index in [-0.39, 0.29) is 17.0 Å². The fourth-order valence-corrected chi connectivity index (χ4v) is 5.18. The maximum absolute atomic E-state index is 15.7. The first kappa shape index (κ1) is 26.5. The lowest BCUT2D eigenvalue weighted by Gasteiger charge is -2.34. The molecule has 206 valence electrons. The van der Waals surface area contributed by atoms with Gasteiger partial charge in [-0.05, 0) is 28.0 Å². The minimum atomic E-state index is -1.08. The molecule has 2 heterocycles. The Labute approximate surface area is 240 Å². The molecule has 6 rings (SSSR count). The van der Waals surface area contributed by atoms with Gasteiger partial charge in [0.1, 0.15) is 11.6 Å². The highest BCUT2D eigenvalue weighted by molar-refractivity contribution is 5.82. The van der Waals surface area contributed by atoms with E-state index >= 15 is 4.39 Å². The van der Waals surface area contributed by atoms with Crippen LogP contribution in [0.15, 0.2) is 122 Å². The maximum Gasteiger partial charge on any atom is 0.273 e. The van der Waals surface area contributed by atoms with Crippen LogP contribution in [-0.4, -0.2) is 37.2 Å². The van der Waals surface area contributed by atoms with E-state index in [1.807, 2.05) is 91.0 Å². The zero-order chi connectivity index (χ0) is 29.1. The number of tetrazole rings is 1. The number of nitro benzene ring substituents is 1. The number of ether oxygens (including phenoxy) is 1. The molecule has 42 heavy (non-hydrogen) atoms. The molecule has 10 heteroatoms. The van der Waals surface area contributed by atoms with Crippen LogP contribution in [0.5, 0.6) is 5.75 Å². The summed E-state index contributed by atoms with van der Waals surface area (Å²) < 4.78 is 20.9. The summed E-state index contributed by atoms with van der Waals surface area (Å²) in [5, 5.41) is 25.4. The molecule has 0 spiro atoms. The largest absolute Gasteiger partial charge is 0.495 e. The number of benzene rings is 4. The quantitative estimate of drug-likeness (QED) is 0.123. The van der Waals surface area contributed by atoms with Gasteiger partial charge in [-0.1, -0.05) is 91.0 Å². The Morgan fingerprint density at radius 3 is 1.93 bits per heavy atom. The number of non-ortho nitro benzene ring substituents is 1. The number of methoxy groups -OCH3 is 1. The van der Waals surface area contributed by atoms with E-state index in [9.17, 15) is 10.1 Å². The van der Waals surface area contributed by atoms with Crippen molar-refractivity contribution in [1.29, 1.82) is 0 Å². The SMILES string of the molecule is COc1cncc(-c2c(F)cc([N+](=O)[O-])cc2-c2nnn(C(c3ccccc3)(c3ccccc3)c3ccccc3)n2)c1. The van der Waals surface area contributed by atoms with E-state index in [0.29, 0.717) is 11.3 Å². The van der Waals surface area contributed by atoms with Crippen molar-refractivity contribution in [1.82, 2.24) is 25.2 Å². The molecule has 0 atom stereocenters. The number of hydrogen-bond donors (Lipinski definition) is 0. The van der Waals surface area contributed by atoms with Crippen LogP contribution in [0.4, 0.5) is 10.1 Å². The normalized spacial score (nSPS) is 11.3. The molecule has 0 unspecified atom stereocenters. The van der Waals surface area contributed by atoms with Gasteiger partial charge in [0.05, 0.1) is 24.3 Å². The van der Waals surface area contributed by atoms with Gasteiger partial charge < -0.3 is 4.74 Å². The van der Waals surface area contributed by atoms with Crippen LogP contribution in [-0.2, 0) is 5.54 Å². The highest BCUT2D eigenvalue weighted by Crippen LogP contribution is 2.41. The van der Waals surface area contributed by atoms with Gasteiger partial charge in [0, 0.05) is 29.0 Å². The van der Waals surface area contributed by atoms with Crippen molar-refractivity contribution in [3.8, 4) is 28.3 Å². The van der Waals surface area contributed by atoms with Crippen molar-refractivity contribution >= 4 is 5.69 Å². The van der Waals surface area contributed by atoms with Crippen LogP contribution in [0.3, 0.4) is 0 Å². The molecule has 0 aliphatic rings. The minimum absolute atomic E-state index is 0.00240. The minimum Gasteiger partial charge on any atom is -0.495 e. The molecule has 0 bridgehead atoms. The van der Waals surface area contributed by atoms with Crippen LogP contribution in [0.25, 0.3) is 22.5 Å². The van der Waals surface area contributed by atoms with Crippen molar-refractivity contribution in [2.24, 2.45) is 0 Å². The van der Waals surface area contributed by atoms with Gasteiger partial charge in [-0.2, -0.15) is 0 Å². The van der Waals surface area contributed by atoms with Gasteiger partial charge in [-0.3, -0.25) is 15.1 Å². The highest BCUT2D eigenvalue weighted by atomic mass is 19.1. The van der Waals surface area contributed by atoms with Gasteiger partial charge in [0.15, 0.2) is 5.54 Å². The number of halogens is 1. The summed E-state index contributed by atoms with van der Waals surface area (Å²) in [5.74, 6) is -0.433. The van der Waals surface area contributed by atoms with Crippen molar-refractivity contribution in [3.63, 3.8) is 0 Å². The first-order valence-electron chi connectivity index (χ1n) is 13.0. The van der Waals surface area contributed by atoms with Gasteiger partial charge >= 0.3 is 0 Å². The van der Waals surface area contributed by atoms with Crippen molar-refractivity contribution in [3.05, 3.63) is 154 Å². The topological polar surface area (TPSA) is 109 Å². The summed E-state index contributed by atoms with van der Waals surface area (Å²) in [6.07, 6.45) is 2.93. The molecule has 4 aromatic carbocycles. The Bertz CT molecular complexity index is 1770. The Hall–Kier alpha value is -5.77. The molecule has 0 N–H and O–H groups in total. The Morgan fingerprint density at radius 1 is 0.833 bits per heavy atom. The Kier molecular flexibility index (Phi) is 6.93. The second-order valence-corrected chi connectivity index (χ2v) is 9.43. The molecule has 6 aromatic rings. The molecule has 0 aliphatic heterocycles. The van der Waals surface area contributed by atoms with Crippen LogP contribution in [0, 0.1) is 15.9 Å². The third-order valence-electron chi connectivity index (χ3n) is 7.05. The molecule has 0 saturated heterocycles. The second kappa shape index (κ2) is 11.0. The van der Waals surface area contributed by atoms with Crippen LogP contribution < -0.4 is 4.74 Å². The summed E-state index contributed by atoms with van der Waals surface area (Å²) in [6, 6.07) is 32.9. The highest BCUT2D eigenvalue weighted by Gasteiger charge is 2.41. The molecular formula is C32H23FN6O3.